The van der Waals surface area contributed by atoms with Crippen molar-refractivity contribution in [2.24, 2.45) is 0 Å². The van der Waals surface area contributed by atoms with Crippen LogP contribution in [0.5, 0.6) is 0 Å². The predicted octanol–water partition coefficient (Wildman–Crippen LogP) is 13.9. The Morgan fingerprint density at radius 2 is 1.16 bits per heavy atom. The lowest BCUT2D eigenvalue weighted by Gasteiger charge is -2.27. The molecule has 8 aromatic carbocycles. The van der Waals surface area contributed by atoms with Crippen LogP contribution in [0.4, 0.5) is 17.1 Å². The van der Waals surface area contributed by atoms with E-state index in [1.807, 2.05) is 11.3 Å². The molecule has 2 aromatic heterocycles. The Morgan fingerprint density at radius 1 is 0.429 bits per heavy atom. The maximum absolute atomic E-state index is 6.64. The van der Waals surface area contributed by atoms with Gasteiger partial charge in [-0.25, -0.2) is 0 Å². The number of nitrogens with zero attached hydrogens (tertiary/aromatic N) is 1. The van der Waals surface area contributed by atoms with Crippen LogP contribution in [0.25, 0.3) is 75.1 Å². The van der Waals surface area contributed by atoms with Crippen LogP contribution < -0.4 is 4.90 Å². The van der Waals surface area contributed by atoms with Crippen molar-refractivity contribution in [1.82, 2.24) is 0 Å². The van der Waals surface area contributed by atoms with Crippen molar-refractivity contribution in [1.29, 1.82) is 0 Å². The number of rotatable bonds is 5. The number of benzene rings is 8. The average Bonchev–Trinajstić information content (AvgIpc) is 3.75. The fourth-order valence-corrected chi connectivity index (χ4v) is 8.54. The second-order valence-corrected chi connectivity index (χ2v) is 13.6. The molecule has 3 heteroatoms. The van der Waals surface area contributed by atoms with E-state index in [-0.39, 0.29) is 0 Å². The first-order valence-electron chi connectivity index (χ1n) is 16.6. The molecular weight excluding hydrogens is 615 g/mol. The van der Waals surface area contributed by atoms with Gasteiger partial charge in [0.05, 0.1) is 11.1 Å². The molecule has 10 rings (SSSR count). The van der Waals surface area contributed by atoms with E-state index in [1.54, 1.807) is 0 Å². The van der Waals surface area contributed by atoms with Crippen LogP contribution in [0, 0.1) is 0 Å². The van der Waals surface area contributed by atoms with Gasteiger partial charge in [-0.2, -0.15) is 0 Å². The zero-order valence-corrected chi connectivity index (χ0v) is 27.3. The molecular formula is C46H29NOS. The maximum Gasteiger partial charge on any atom is 0.143 e. The zero-order chi connectivity index (χ0) is 32.3. The van der Waals surface area contributed by atoms with Crippen LogP contribution in [-0.4, -0.2) is 0 Å². The van der Waals surface area contributed by atoms with Gasteiger partial charge in [0.15, 0.2) is 0 Å². The fraction of sp³-hybridized carbons (Fsp3) is 0. The van der Waals surface area contributed by atoms with E-state index in [2.05, 4.69) is 181 Å². The lowest BCUT2D eigenvalue weighted by molar-refractivity contribution is 0.672. The van der Waals surface area contributed by atoms with Crippen molar-refractivity contribution in [3.8, 4) is 22.3 Å². The van der Waals surface area contributed by atoms with Gasteiger partial charge in [-0.1, -0.05) is 121 Å². The van der Waals surface area contributed by atoms with Crippen LogP contribution in [0.15, 0.2) is 180 Å². The molecule has 0 aliphatic carbocycles. The summed E-state index contributed by atoms with van der Waals surface area (Å²) in [6.45, 7) is 0. The van der Waals surface area contributed by atoms with Crippen LogP contribution in [0.1, 0.15) is 0 Å². The highest BCUT2D eigenvalue weighted by Crippen LogP contribution is 2.46. The number of furan rings is 1. The van der Waals surface area contributed by atoms with Gasteiger partial charge in [-0.05, 0) is 82.2 Å². The van der Waals surface area contributed by atoms with Gasteiger partial charge >= 0.3 is 0 Å². The van der Waals surface area contributed by atoms with E-state index in [4.69, 9.17) is 4.42 Å². The highest BCUT2D eigenvalue weighted by atomic mass is 32.1. The topological polar surface area (TPSA) is 16.4 Å². The molecule has 0 unspecified atom stereocenters. The number of hydrogen-bond acceptors (Lipinski definition) is 3. The Balaban J connectivity index is 1.19. The van der Waals surface area contributed by atoms with Crippen LogP contribution in [0.3, 0.4) is 0 Å². The molecule has 0 atom stereocenters. The molecule has 0 saturated carbocycles. The minimum Gasteiger partial charge on any atom is -0.455 e. The monoisotopic (exact) mass is 643 g/mol. The van der Waals surface area contributed by atoms with Gasteiger partial charge in [-0.15, -0.1) is 11.3 Å². The largest absolute Gasteiger partial charge is 0.455 e. The summed E-state index contributed by atoms with van der Waals surface area (Å²) in [6.07, 6.45) is 0. The lowest BCUT2D eigenvalue weighted by Crippen LogP contribution is -2.10. The van der Waals surface area contributed by atoms with E-state index in [9.17, 15) is 0 Å². The van der Waals surface area contributed by atoms with Crippen molar-refractivity contribution in [3.63, 3.8) is 0 Å². The number of fused-ring (bicyclic) bond motifs is 8. The number of anilines is 3. The minimum absolute atomic E-state index is 0.876. The van der Waals surface area contributed by atoms with Crippen molar-refractivity contribution < 1.29 is 4.42 Å². The summed E-state index contributed by atoms with van der Waals surface area (Å²) in [6, 6.07) is 63.1. The molecule has 0 radical (unpaired) electrons. The van der Waals surface area contributed by atoms with E-state index in [1.165, 1.54) is 47.8 Å². The van der Waals surface area contributed by atoms with Crippen LogP contribution in [0.2, 0.25) is 0 Å². The quantitative estimate of drug-likeness (QED) is 0.186. The van der Waals surface area contributed by atoms with Gasteiger partial charge in [0.25, 0.3) is 0 Å². The normalized spacial score (nSPS) is 11.7. The molecule has 0 saturated heterocycles. The first-order chi connectivity index (χ1) is 24.3. The van der Waals surface area contributed by atoms with Crippen LogP contribution >= 0.6 is 11.3 Å². The summed E-state index contributed by atoms with van der Waals surface area (Å²) in [4.78, 5) is 2.38. The number of thiophene rings is 1. The van der Waals surface area contributed by atoms with E-state index in [0.717, 1.165) is 44.4 Å². The third-order valence-corrected chi connectivity index (χ3v) is 10.8. The van der Waals surface area contributed by atoms with Gasteiger partial charge in [-0.3, -0.25) is 0 Å². The van der Waals surface area contributed by atoms with Crippen molar-refractivity contribution >= 4 is 81.3 Å². The van der Waals surface area contributed by atoms with Gasteiger partial charge in [0, 0.05) is 42.3 Å². The van der Waals surface area contributed by atoms with E-state index in [0.29, 0.717) is 0 Å². The zero-order valence-electron chi connectivity index (χ0n) is 26.5. The SMILES string of the molecule is c1ccc(-c2cccc(N(c3ccc(-c4cccc5sc6ccccc6c45)cc3)c3cccc4oc5c6ccccc6ccc5c34)c2)cc1. The molecule has 2 nitrogen and oxygen atoms in total. The molecule has 0 aliphatic heterocycles. The minimum atomic E-state index is 0.876. The average molecular weight is 644 g/mol. The summed E-state index contributed by atoms with van der Waals surface area (Å²) in [7, 11) is 0. The summed E-state index contributed by atoms with van der Waals surface area (Å²) in [5.41, 5.74) is 9.87. The Kier molecular flexibility index (Phi) is 6.39. The summed E-state index contributed by atoms with van der Waals surface area (Å²) in [5.74, 6) is 0. The third-order valence-electron chi connectivity index (χ3n) is 9.66. The molecule has 0 fully saturated rings. The molecule has 49 heavy (non-hydrogen) atoms. The lowest BCUT2D eigenvalue weighted by atomic mass is 9.98. The first kappa shape index (κ1) is 27.9. The molecule has 0 bridgehead atoms. The standard InChI is InChI=1S/C46H29NOS/c1-2-11-30(12-3-1)33-14-8-15-35(29-33)47(40-19-10-20-41-45(40)39-28-25-31-13-4-5-16-37(31)46(39)48-41)34-26-23-32(24-27-34)36-18-9-22-43-44(36)38-17-6-7-21-42(38)49-43/h1-29H. The highest BCUT2D eigenvalue weighted by molar-refractivity contribution is 7.25. The smallest absolute Gasteiger partial charge is 0.143 e. The number of hydrogen-bond donors (Lipinski definition) is 0. The van der Waals surface area contributed by atoms with Crippen LogP contribution in [-0.2, 0) is 0 Å². The third kappa shape index (κ3) is 4.55. The van der Waals surface area contributed by atoms with Gasteiger partial charge in [0.2, 0.25) is 0 Å². The molecule has 0 aliphatic rings. The van der Waals surface area contributed by atoms with E-state index < -0.39 is 0 Å². The van der Waals surface area contributed by atoms with Crippen molar-refractivity contribution in [3.05, 3.63) is 176 Å². The predicted molar refractivity (Wildman–Crippen MR) is 210 cm³/mol. The molecule has 10 aromatic rings. The molecule has 0 N–H and O–H groups in total. The van der Waals surface area contributed by atoms with Gasteiger partial charge in [0.1, 0.15) is 11.2 Å². The Hall–Kier alpha value is -6.16. The summed E-state index contributed by atoms with van der Waals surface area (Å²) < 4.78 is 9.27. The second kappa shape index (κ2) is 11.2. The summed E-state index contributed by atoms with van der Waals surface area (Å²) in [5, 5.41) is 7.15. The Morgan fingerprint density at radius 3 is 2.06 bits per heavy atom. The summed E-state index contributed by atoms with van der Waals surface area (Å²) >= 11 is 1.86. The molecule has 0 amide bonds. The molecule has 0 spiro atoms. The maximum atomic E-state index is 6.64. The molecule has 230 valence electrons. The molecule has 2 heterocycles. The second-order valence-electron chi connectivity index (χ2n) is 12.5. The van der Waals surface area contributed by atoms with Crippen molar-refractivity contribution in [2.75, 3.05) is 4.90 Å². The highest BCUT2D eigenvalue weighted by Gasteiger charge is 2.21. The van der Waals surface area contributed by atoms with E-state index >= 15 is 0 Å². The fourth-order valence-electron chi connectivity index (χ4n) is 7.41. The Bertz CT molecular complexity index is 2830. The first-order valence-corrected chi connectivity index (χ1v) is 17.4. The Labute approximate surface area is 287 Å². The van der Waals surface area contributed by atoms with Crippen molar-refractivity contribution in [2.45, 2.75) is 0 Å². The van der Waals surface area contributed by atoms with Gasteiger partial charge < -0.3 is 9.32 Å².